The van der Waals surface area contributed by atoms with Crippen LogP contribution in [0, 0.1) is 11.8 Å². The summed E-state index contributed by atoms with van der Waals surface area (Å²) in [6.45, 7) is 7.31. The lowest BCUT2D eigenvalue weighted by molar-refractivity contribution is 0.135. The predicted molar refractivity (Wildman–Crippen MR) is 58.0 cm³/mol. The molecule has 0 aliphatic heterocycles. The van der Waals surface area contributed by atoms with E-state index in [4.69, 9.17) is 15.9 Å². The van der Waals surface area contributed by atoms with Crippen LogP contribution in [0.1, 0.15) is 13.8 Å². The summed E-state index contributed by atoms with van der Waals surface area (Å²) in [5.74, 6) is 0.980. The Balaban J connectivity index is 3.96. The van der Waals surface area contributed by atoms with Gasteiger partial charge in [-0.25, -0.2) is 0 Å². The fraction of sp³-hybridized carbons (Fsp3) is 1.00. The molecule has 0 aliphatic rings. The summed E-state index contributed by atoms with van der Waals surface area (Å²) in [5.41, 5.74) is 5.66. The Morgan fingerprint density at radius 3 is 1.93 bits per heavy atom. The van der Waals surface area contributed by atoms with Gasteiger partial charge in [0.1, 0.15) is 0 Å². The van der Waals surface area contributed by atoms with E-state index in [9.17, 15) is 0 Å². The number of nitrogens with two attached hydrogens (primary N) is 1. The van der Waals surface area contributed by atoms with Crippen LogP contribution in [0.25, 0.3) is 0 Å². The van der Waals surface area contributed by atoms with Gasteiger partial charge in [0.25, 0.3) is 0 Å². The Morgan fingerprint density at radius 2 is 1.64 bits per heavy atom. The average molecular weight is 204 g/mol. The maximum absolute atomic E-state index is 8.83. The molecular weight excluding hydrogens is 180 g/mol. The standard InChI is InChI=1S/C10H24N2O2/c1-9(2)10(7-11)8-12(3-5-13)4-6-14/h9-10,13-14H,3-8,11H2,1-2H3. The lowest BCUT2D eigenvalue weighted by Gasteiger charge is -2.27. The molecule has 4 N–H and O–H groups in total. The minimum absolute atomic E-state index is 0.134. The summed E-state index contributed by atoms with van der Waals surface area (Å²) in [6, 6.07) is 0. The van der Waals surface area contributed by atoms with Gasteiger partial charge in [-0.05, 0) is 18.4 Å². The zero-order valence-electron chi connectivity index (χ0n) is 9.32. The fourth-order valence-electron chi connectivity index (χ4n) is 1.47. The van der Waals surface area contributed by atoms with Crippen molar-refractivity contribution in [3.8, 4) is 0 Å². The third-order valence-corrected chi connectivity index (χ3v) is 2.57. The highest BCUT2D eigenvalue weighted by atomic mass is 16.3. The molecular formula is C10H24N2O2. The fourth-order valence-corrected chi connectivity index (χ4v) is 1.47. The highest BCUT2D eigenvalue weighted by Gasteiger charge is 2.15. The molecule has 0 aromatic heterocycles. The Hall–Kier alpha value is -0.160. The van der Waals surface area contributed by atoms with Gasteiger partial charge in [0, 0.05) is 19.6 Å². The topological polar surface area (TPSA) is 69.7 Å². The van der Waals surface area contributed by atoms with Gasteiger partial charge in [-0.2, -0.15) is 0 Å². The molecule has 0 radical (unpaired) electrons. The van der Waals surface area contributed by atoms with E-state index in [1.54, 1.807) is 0 Å². The molecule has 4 nitrogen and oxygen atoms in total. The Bertz CT molecular complexity index is 125. The molecule has 0 aliphatic carbocycles. The van der Waals surface area contributed by atoms with Gasteiger partial charge in [-0.3, -0.25) is 4.90 Å². The average Bonchev–Trinajstić information content (AvgIpc) is 2.14. The van der Waals surface area contributed by atoms with Gasteiger partial charge in [0.15, 0.2) is 0 Å². The summed E-state index contributed by atoms with van der Waals surface area (Å²) < 4.78 is 0. The predicted octanol–water partition coefficient (Wildman–Crippen LogP) is -0.496. The van der Waals surface area contributed by atoms with Crippen LogP contribution >= 0.6 is 0 Å². The molecule has 0 spiro atoms. The van der Waals surface area contributed by atoms with E-state index in [2.05, 4.69) is 18.7 Å². The molecule has 0 bridgehead atoms. The molecule has 0 saturated carbocycles. The zero-order chi connectivity index (χ0) is 11.0. The maximum Gasteiger partial charge on any atom is 0.0558 e. The number of aliphatic hydroxyl groups excluding tert-OH is 2. The second kappa shape index (κ2) is 8.17. The highest BCUT2D eigenvalue weighted by Crippen LogP contribution is 2.10. The molecule has 4 heteroatoms. The van der Waals surface area contributed by atoms with Crippen molar-refractivity contribution in [2.45, 2.75) is 13.8 Å². The molecule has 86 valence electrons. The van der Waals surface area contributed by atoms with Gasteiger partial charge in [-0.15, -0.1) is 0 Å². The van der Waals surface area contributed by atoms with Crippen molar-refractivity contribution in [2.75, 3.05) is 39.4 Å². The van der Waals surface area contributed by atoms with Gasteiger partial charge in [0.05, 0.1) is 13.2 Å². The second-order valence-electron chi connectivity index (χ2n) is 3.99. The zero-order valence-corrected chi connectivity index (χ0v) is 9.32. The minimum atomic E-state index is 0.134. The maximum atomic E-state index is 8.83. The lowest BCUT2D eigenvalue weighted by atomic mass is 9.95. The molecule has 1 atom stereocenters. The monoisotopic (exact) mass is 204 g/mol. The van der Waals surface area contributed by atoms with Crippen LogP contribution in [0.4, 0.5) is 0 Å². The van der Waals surface area contributed by atoms with Crippen LogP contribution in [0.5, 0.6) is 0 Å². The van der Waals surface area contributed by atoms with Crippen LogP contribution in [0.3, 0.4) is 0 Å². The largest absolute Gasteiger partial charge is 0.395 e. The first kappa shape index (κ1) is 13.8. The van der Waals surface area contributed by atoms with Crippen LogP contribution in [-0.4, -0.2) is 54.5 Å². The van der Waals surface area contributed by atoms with Crippen molar-refractivity contribution in [1.29, 1.82) is 0 Å². The van der Waals surface area contributed by atoms with Crippen LogP contribution in [0.2, 0.25) is 0 Å². The van der Waals surface area contributed by atoms with Gasteiger partial charge >= 0.3 is 0 Å². The summed E-state index contributed by atoms with van der Waals surface area (Å²) in [5, 5.41) is 17.7. The summed E-state index contributed by atoms with van der Waals surface area (Å²) in [4.78, 5) is 2.05. The molecule has 0 aromatic rings. The molecule has 14 heavy (non-hydrogen) atoms. The van der Waals surface area contributed by atoms with E-state index in [0.717, 1.165) is 6.54 Å². The van der Waals surface area contributed by atoms with Gasteiger partial charge in [-0.1, -0.05) is 13.8 Å². The summed E-state index contributed by atoms with van der Waals surface area (Å²) in [7, 11) is 0. The SMILES string of the molecule is CC(C)C(CN)CN(CCO)CCO. The third kappa shape index (κ3) is 5.54. The molecule has 0 saturated heterocycles. The van der Waals surface area contributed by atoms with Crippen LogP contribution in [0.15, 0.2) is 0 Å². The van der Waals surface area contributed by atoms with E-state index in [0.29, 0.717) is 31.5 Å². The number of hydrogen-bond acceptors (Lipinski definition) is 4. The number of hydrogen-bond donors (Lipinski definition) is 3. The normalized spacial score (nSPS) is 13.9. The Morgan fingerprint density at radius 1 is 1.14 bits per heavy atom. The molecule has 0 heterocycles. The highest BCUT2D eigenvalue weighted by molar-refractivity contribution is 4.69. The third-order valence-electron chi connectivity index (χ3n) is 2.57. The number of rotatable bonds is 8. The number of aliphatic hydroxyl groups is 2. The van der Waals surface area contributed by atoms with E-state index >= 15 is 0 Å². The van der Waals surface area contributed by atoms with Crippen molar-refractivity contribution in [3.05, 3.63) is 0 Å². The lowest BCUT2D eigenvalue weighted by Crippen LogP contribution is -2.38. The van der Waals surface area contributed by atoms with Crippen molar-refractivity contribution < 1.29 is 10.2 Å². The first-order valence-electron chi connectivity index (χ1n) is 5.29. The van der Waals surface area contributed by atoms with Crippen molar-refractivity contribution in [2.24, 2.45) is 17.6 Å². The van der Waals surface area contributed by atoms with E-state index in [1.807, 2.05) is 0 Å². The second-order valence-corrected chi connectivity index (χ2v) is 3.99. The summed E-state index contributed by atoms with van der Waals surface area (Å²) in [6.07, 6.45) is 0. The first-order chi connectivity index (χ1) is 6.65. The molecule has 0 amide bonds. The van der Waals surface area contributed by atoms with Gasteiger partial charge < -0.3 is 15.9 Å². The smallest absolute Gasteiger partial charge is 0.0558 e. The van der Waals surface area contributed by atoms with Crippen molar-refractivity contribution in [3.63, 3.8) is 0 Å². The van der Waals surface area contributed by atoms with Gasteiger partial charge in [0.2, 0.25) is 0 Å². The van der Waals surface area contributed by atoms with Crippen LogP contribution in [-0.2, 0) is 0 Å². The molecule has 0 rings (SSSR count). The first-order valence-corrected chi connectivity index (χ1v) is 5.29. The van der Waals surface area contributed by atoms with E-state index in [-0.39, 0.29) is 13.2 Å². The van der Waals surface area contributed by atoms with Crippen molar-refractivity contribution in [1.82, 2.24) is 4.90 Å². The Labute approximate surface area is 86.7 Å². The molecule has 0 fully saturated rings. The molecule has 1 unspecified atom stereocenters. The quantitative estimate of drug-likeness (QED) is 0.499. The van der Waals surface area contributed by atoms with E-state index < -0.39 is 0 Å². The number of nitrogens with zero attached hydrogens (tertiary/aromatic N) is 1. The Kier molecular flexibility index (Phi) is 8.08. The van der Waals surface area contributed by atoms with Crippen molar-refractivity contribution >= 4 is 0 Å². The summed E-state index contributed by atoms with van der Waals surface area (Å²) >= 11 is 0. The molecule has 0 aromatic carbocycles. The minimum Gasteiger partial charge on any atom is -0.395 e. The van der Waals surface area contributed by atoms with E-state index in [1.165, 1.54) is 0 Å². The van der Waals surface area contributed by atoms with Crippen LogP contribution < -0.4 is 5.73 Å².